The van der Waals surface area contributed by atoms with E-state index in [1.807, 2.05) is 24.3 Å². The van der Waals surface area contributed by atoms with Gasteiger partial charge in [-0.3, -0.25) is 14.8 Å². The monoisotopic (exact) mass is 212 g/mol. The molecule has 3 rings (SSSR count). The molecule has 0 radical (unpaired) electrons. The van der Waals surface area contributed by atoms with Gasteiger partial charge in [0.25, 0.3) is 5.56 Å². The summed E-state index contributed by atoms with van der Waals surface area (Å²) in [5.74, 6) is 1.07. The summed E-state index contributed by atoms with van der Waals surface area (Å²) in [6.45, 7) is 0. The standard InChI is InChI=1S/C12H8N2O2/c15-11-6-5-8-7-13-9-3-1-2-4-10(9)16-12(8)14-11/h1-7H,(H,14,15). The van der Waals surface area contributed by atoms with Gasteiger partial charge in [-0.05, 0) is 18.2 Å². The van der Waals surface area contributed by atoms with Crippen LogP contribution in [0.1, 0.15) is 5.56 Å². The van der Waals surface area contributed by atoms with Gasteiger partial charge in [-0.1, -0.05) is 12.1 Å². The van der Waals surface area contributed by atoms with Crippen molar-refractivity contribution in [3.8, 4) is 11.6 Å². The molecule has 4 nitrogen and oxygen atoms in total. The van der Waals surface area contributed by atoms with Crippen molar-refractivity contribution in [3.05, 3.63) is 52.3 Å². The zero-order valence-electron chi connectivity index (χ0n) is 8.31. The molecule has 1 aliphatic heterocycles. The van der Waals surface area contributed by atoms with Crippen molar-refractivity contribution in [1.82, 2.24) is 4.98 Å². The van der Waals surface area contributed by atoms with Crippen LogP contribution in [0, 0.1) is 0 Å². The average Bonchev–Trinajstić information content (AvgIpc) is 2.47. The number of hydrogen-bond acceptors (Lipinski definition) is 3. The quantitative estimate of drug-likeness (QED) is 0.621. The molecule has 4 heteroatoms. The molecular weight excluding hydrogens is 204 g/mol. The fraction of sp³-hybridized carbons (Fsp3) is 0. The summed E-state index contributed by atoms with van der Waals surface area (Å²) in [5.41, 5.74) is 1.32. The number of rotatable bonds is 0. The van der Waals surface area contributed by atoms with E-state index < -0.39 is 0 Å². The summed E-state index contributed by atoms with van der Waals surface area (Å²) < 4.78 is 5.60. The summed E-state index contributed by atoms with van der Waals surface area (Å²) in [5, 5.41) is 0. The second-order valence-electron chi connectivity index (χ2n) is 3.44. The third-order valence-electron chi connectivity index (χ3n) is 2.33. The number of aromatic nitrogens is 1. The molecule has 1 aliphatic rings. The first-order valence-electron chi connectivity index (χ1n) is 4.87. The summed E-state index contributed by atoms with van der Waals surface area (Å²) in [6.07, 6.45) is 1.68. The molecule has 2 heterocycles. The van der Waals surface area contributed by atoms with Crippen LogP contribution in [0.5, 0.6) is 11.6 Å². The number of aliphatic imine (C=N–C) groups is 1. The lowest BCUT2D eigenvalue weighted by molar-refractivity contribution is 0.463. The first-order valence-corrected chi connectivity index (χ1v) is 4.87. The predicted molar refractivity (Wildman–Crippen MR) is 60.8 cm³/mol. The molecule has 0 aliphatic carbocycles. The maximum atomic E-state index is 11.2. The SMILES string of the molecule is O=c1ccc2c([nH]1)Oc1ccccc1N=C2. The highest BCUT2D eigenvalue weighted by Gasteiger charge is 2.11. The molecule has 1 aromatic heterocycles. The van der Waals surface area contributed by atoms with Crippen molar-refractivity contribution >= 4 is 11.9 Å². The summed E-state index contributed by atoms with van der Waals surface area (Å²) in [6, 6.07) is 10.6. The van der Waals surface area contributed by atoms with Crippen LogP contribution in [-0.4, -0.2) is 11.2 Å². The molecule has 0 atom stereocenters. The zero-order valence-corrected chi connectivity index (χ0v) is 8.31. The molecule has 0 bridgehead atoms. The number of ether oxygens (including phenoxy) is 1. The second-order valence-corrected chi connectivity index (χ2v) is 3.44. The molecule has 0 unspecified atom stereocenters. The number of pyridine rings is 1. The lowest BCUT2D eigenvalue weighted by Crippen LogP contribution is -2.06. The Morgan fingerprint density at radius 1 is 1.12 bits per heavy atom. The molecule has 2 aromatic rings. The van der Waals surface area contributed by atoms with E-state index in [4.69, 9.17) is 4.74 Å². The van der Waals surface area contributed by atoms with Gasteiger partial charge in [0.05, 0.1) is 5.56 Å². The third kappa shape index (κ3) is 1.40. The first-order chi connectivity index (χ1) is 7.83. The van der Waals surface area contributed by atoms with Gasteiger partial charge >= 0.3 is 0 Å². The Labute approximate surface area is 91.2 Å². The maximum absolute atomic E-state index is 11.2. The summed E-state index contributed by atoms with van der Waals surface area (Å²) in [7, 11) is 0. The Kier molecular flexibility index (Phi) is 1.86. The highest BCUT2D eigenvalue weighted by Crippen LogP contribution is 2.33. The fourth-order valence-electron chi connectivity index (χ4n) is 1.55. The van der Waals surface area contributed by atoms with E-state index in [0.717, 1.165) is 11.3 Å². The summed E-state index contributed by atoms with van der Waals surface area (Å²) in [4.78, 5) is 18.1. The van der Waals surface area contributed by atoms with Gasteiger partial charge in [0.1, 0.15) is 5.69 Å². The van der Waals surface area contributed by atoms with Crippen molar-refractivity contribution in [3.63, 3.8) is 0 Å². The average molecular weight is 212 g/mol. The minimum absolute atomic E-state index is 0.188. The van der Waals surface area contributed by atoms with Crippen molar-refractivity contribution in [1.29, 1.82) is 0 Å². The van der Waals surface area contributed by atoms with Gasteiger partial charge in [0.2, 0.25) is 5.88 Å². The van der Waals surface area contributed by atoms with Crippen LogP contribution in [0.4, 0.5) is 5.69 Å². The molecule has 0 amide bonds. The van der Waals surface area contributed by atoms with E-state index in [-0.39, 0.29) is 5.56 Å². The van der Waals surface area contributed by atoms with Gasteiger partial charge in [-0.2, -0.15) is 0 Å². The fourth-order valence-corrected chi connectivity index (χ4v) is 1.55. The second kappa shape index (κ2) is 3.34. The Bertz CT molecular complexity index is 629. The zero-order chi connectivity index (χ0) is 11.0. The van der Waals surface area contributed by atoms with Crippen LogP contribution in [0.25, 0.3) is 0 Å². The molecule has 16 heavy (non-hydrogen) atoms. The maximum Gasteiger partial charge on any atom is 0.250 e. The number of nitrogens with one attached hydrogen (secondary N) is 1. The van der Waals surface area contributed by atoms with E-state index in [1.54, 1.807) is 12.3 Å². The van der Waals surface area contributed by atoms with Crippen LogP contribution in [0.2, 0.25) is 0 Å². The number of nitrogens with zero attached hydrogens (tertiary/aromatic N) is 1. The topological polar surface area (TPSA) is 54.5 Å². The van der Waals surface area contributed by atoms with E-state index in [1.165, 1.54) is 6.07 Å². The first kappa shape index (κ1) is 8.91. The van der Waals surface area contributed by atoms with Gasteiger partial charge in [-0.25, -0.2) is 0 Å². The highest BCUT2D eigenvalue weighted by molar-refractivity contribution is 5.86. The number of para-hydroxylation sites is 2. The van der Waals surface area contributed by atoms with Crippen LogP contribution in [0.15, 0.2) is 46.2 Å². The van der Waals surface area contributed by atoms with Crippen LogP contribution >= 0.6 is 0 Å². The minimum Gasteiger partial charge on any atom is -0.438 e. The van der Waals surface area contributed by atoms with E-state index in [0.29, 0.717) is 11.6 Å². The van der Waals surface area contributed by atoms with Crippen molar-refractivity contribution in [2.75, 3.05) is 0 Å². The molecule has 1 aromatic carbocycles. The Hall–Kier alpha value is -2.36. The smallest absolute Gasteiger partial charge is 0.250 e. The largest absolute Gasteiger partial charge is 0.438 e. The van der Waals surface area contributed by atoms with Crippen molar-refractivity contribution in [2.24, 2.45) is 4.99 Å². The minimum atomic E-state index is -0.188. The summed E-state index contributed by atoms with van der Waals surface area (Å²) >= 11 is 0. The molecule has 0 spiro atoms. The lowest BCUT2D eigenvalue weighted by atomic mass is 10.3. The van der Waals surface area contributed by atoms with Gasteiger partial charge in [0.15, 0.2) is 5.75 Å². The molecule has 0 fully saturated rings. The van der Waals surface area contributed by atoms with Crippen molar-refractivity contribution in [2.45, 2.75) is 0 Å². The van der Waals surface area contributed by atoms with Crippen molar-refractivity contribution < 1.29 is 4.74 Å². The van der Waals surface area contributed by atoms with E-state index >= 15 is 0 Å². The number of benzene rings is 1. The number of hydrogen-bond donors (Lipinski definition) is 1. The van der Waals surface area contributed by atoms with Crippen LogP contribution in [0.3, 0.4) is 0 Å². The normalized spacial score (nSPS) is 12.2. The number of fused-ring (bicyclic) bond motifs is 2. The number of aromatic amines is 1. The highest BCUT2D eigenvalue weighted by atomic mass is 16.5. The lowest BCUT2D eigenvalue weighted by Gasteiger charge is -2.06. The predicted octanol–water partition coefficient (Wildman–Crippen LogP) is 2.23. The molecule has 0 saturated carbocycles. The van der Waals surface area contributed by atoms with E-state index in [9.17, 15) is 4.79 Å². The Morgan fingerprint density at radius 3 is 2.94 bits per heavy atom. The molecule has 1 N–H and O–H groups in total. The van der Waals surface area contributed by atoms with E-state index in [2.05, 4.69) is 9.98 Å². The van der Waals surface area contributed by atoms with Gasteiger partial charge in [-0.15, -0.1) is 0 Å². The molecular formula is C12H8N2O2. The Morgan fingerprint density at radius 2 is 2.00 bits per heavy atom. The van der Waals surface area contributed by atoms with Crippen LogP contribution < -0.4 is 10.3 Å². The molecule has 78 valence electrons. The van der Waals surface area contributed by atoms with Gasteiger partial charge < -0.3 is 4.74 Å². The van der Waals surface area contributed by atoms with Gasteiger partial charge in [0, 0.05) is 12.3 Å². The van der Waals surface area contributed by atoms with Crippen LogP contribution in [-0.2, 0) is 0 Å². The number of H-pyrrole nitrogens is 1. The third-order valence-corrected chi connectivity index (χ3v) is 2.33. The molecule has 0 saturated heterocycles. The Balaban J connectivity index is 2.21.